The van der Waals surface area contributed by atoms with Gasteiger partial charge in [-0.15, -0.1) is 11.3 Å². The second kappa shape index (κ2) is 6.62. The molecule has 0 radical (unpaired) electrons. The van der Waals surface area contributed by atoms with Crippen LogP contribution in [-0.4, -0.2) is 20.0 Å². The molecule has 108 valence electrons. The van der Waals surface area contributed by atoms with E-state index in [0.29, 0.717) is 16.9 Å². The molecule has 4 nitrogen and oxygen atoms in total. The van der Waals surface area contributed by atoms with Crippen molar-refractivity contribution in [3.8, 4) is 0 Å². The topological polar surface area (TPSA) is 63.2 Å². The maximum atomic E-state index is 12.1. The zero-order valence-corrected chi connectivity index (χ0v) is 13.4. The summed E-state index contributed by atoms with van der Waals surface area (Å²) >= 11 is 2.81. The molecule has 0 aliphatic heterocycles. The predicted molar refractivity (Wildman–Crippen MR) is 83.0 cm³/mol. The molecule has 0 fully saturated rings. The standard InChI is InChI=1S/C13H15NO3S3/c1-2-7-20(16,17)14-8-11-3-4-12(19-11)13(15)10-5-6-18-9-10/h3-6,9,14H,2,7-8H2,1H3. The lowest BCUT2D eigenvalue weighted by molar-refractivity contribution is 0.104. The molecule has 0 spiro atoms. The summed E-state index contributed by atoms with van der Waals surface area (Å²) in [4.78, 5) is 13.6. The molecule has 0 bridgehead atoms. The predicted octanol–water partition coefficient (Wildman–Crippen LogP) is 2.87. The van der Waals surface area contributed by atoms with Crippen LogP contribution in [0.1, 0.15) is 33.5 Å². The minimum atomic E-state index is -3.21. The summed E-state index contributed by atoms with van der Waals surface area (Å²) in [6.45, 7) is 2.06. The Morgan fingerprint density at radius 1 is 1.30 bits per heavy atom. The van der Waals surface area contributed by atoms with E-state index < -0.39 is 10.0 Å². The number of rotatable bonds is 7. The van der Waals surface area contributed by atoms with Gasteiger partial charge in [0.15, 0.2) is 0 Å². The van der Waals surface area contributed by atoms with Gasteiger partial charge in [-0.2, -0.15) is 11.3 Å². The molecule has 0 aromatic carbocycles. The Morgan fingerprint density at radius 2 is 2.10 bits per heavy atom. The Hall–Kier alpha value is -1.02. The molecule has 2 aromatic heterocycles. The van der Waals surface area contributed by atoms with Gasteiger partial charge in [-0.1, -0.05) is 6.92 Å². The quantitative estimate of drug-likeness (QED) is 0.795. The van der Waals surface area contributed by atoms with E-state index in [9.17, 15) is 13.2 Å². The molecule has 2 aromatic rings. The fourth-order valence-electron chi connectivity index (χ4n) is 1.65. The molecule has 20 heavy (non-hydrogen) atoms. The Bertz CT molecular complexity index is 672. The fraction of sp³-hybridized carbons (Fsp3) is 0.308. The van der Waals surface area contributed by atoms with E-state index in [1.165, 1.54) is 22.7 Å². The smallest absolute Gasteiger partial charge is 0.211 e. The van der Waals surface area contributed by atoms with Gasteiger partial charge in [-0.25, -0.2) is 13.1 Å². The van der Waals surface area contributed by atoms with E-state index in [1.54, 1.807) is 18.2 Å². The van der Waals surface area contributed by atoms with E-state index in [-0.39, 0.29) is 18.1 Å². The molecule has 1 N–H and O–H groups in total. The lowest BCUT2D eigenvalue weighted by atomic mass is 10.2. The Morgan fingerprint density at radius 3 is 2.75 bits per heavy atom. The Balaban J connectivity index is 2.01. The molecule has 7 heteroatoms. The van der Waals surface area contributed by atoms with Crippen LogP contribution in [0.4, 0.5) is 0 Å². The van der Waals surface area contributed by atoms with Crippen LogP contribution < -0.4 is 4.72 Å². The number of carbonyl (C=O) groups is 1. The normalized spacial score (nSPS) is 11.7. The summed E-state index contributed by atoms with van der Waals surface area (Å²) in [7, 11) is -3.21. The van der Waals surface area contributed by atoms with Crippen molar-refractivity contribution in [1.29, 1.82) is 0 Å². The van der Waals surface area contributed by atoms with E-state index in [0.717, 1.165) is 4.88 Å². The number of hydrogen-bond acceptors (Lipinski definition) is 5. The van der Waals surface area contributed by atoms with Crippen LogP contribution in [-0.2, 0) is 16.6 Å². The molecule has 0 atom stereocenters. The third-order valence-corrected chi connectivity index (χ3v) is 5.91. The first-order chi connectivity index (χ1) is 9.52. The number of sulfonamides is 1. The average molecular weight is 329 g/mol. The molecule has 2 heterocycles. The van der Waals surface area contributed by atoms with Gasteiger partial charge < -0.3 is 0 Å². The lowest BCUT2D eigenvalue weighted by Gasteiger charge is -2.03. The summed E-state index contributed by atoms with van der Waals surface area (Å²) in [5.74, 6) is 0.109. The number of carbonyl (C=O) groups excluding carboxylic acids is 1. The van der Waals surface area contributed by atoms with Crippen molar-refractivity contribution in [2.75, 3.05) is 5.75 Å². The lowest BCUT2D eigenvalue weighted by Crippen LogP contribution is -2.25. The van der Waals surface area contributed by atoms with Gasteiger partial charge in [0.1, 0.15) is 0 Å². The summed E-state index contributed by atoms with van der Waals surface area (Å²) < 4.78 is 25.7. The van der Waals surface area contributed by atoms with Crippen molar-refractivity contribution in [2.45, 2.75) is 19.9 Å². The second-order valence-corrected chi connectivity index (χ2v) is 8.12. The molecular formula is C13H15NO3S3. The molecular weight excluding hydrogens is 314 g/mol. The highest BCUT2D eigenvalue weighted by atomic mass is 32.2. The zero-order chi connectivity index (χ0) is 14.6. The van der Waals surface area contributed by atoms with Crippen LogP contribution in [0.15, 0.2) is 29.0 Å². The van der Waals surface area contributed by atoms with E-state index in [1.807, 2.05) is 17.7 Å². The SMILES string of the molecule is CCCS(=O)(=O)NCc1ccc(C(=O)c2ccsc2)s1. The highest BCUT2D eigenvalue weighted by Gasteiger charge is 2.13. The number of hydrogen-bond donors (Lipinski definition) is 1. The molecule has 0 aliphatic carbocycles. The van der Waals surface area contributed by atoms with E-state index in [4.69, 9.17) is 0 Å². The van der Waals surface area contributed by atoms with Crippen LogP contribution in [0.5, 0.6) is 0 Å². The minimum Gasteiger partial charge on any atom is -0.288 e. The van der Waals surface area contributed by atoms with Gasteiger partial charge >= 0.3 is 0 Å². The highest BCUT2D eigenvalue weighted by molar-refractivity contribution is 7.89. The van der Waals surface area contributed by atoms with Gasteiger partial charge in [-0.3, -0.25) is 4.79 Å². The average Bonchev–Trinajstić information content (AvgIpc) is 3.07. The monoisotopic (exact) mass is 329 g/mol. The summed E-state index contributed by atoms with van der Waals surface area (Å²) in [5, 5.41) is 3.67. The maximum Gasteiger partial charge on any atom is 0.211 e. The van der Waals surface area contributed by atoms with Crippen molar-refractivity contribution in [3.05, 3.63) is 44.3 Å². The molecule has 0 aliphatic rings. The van der Waals surface area contributed by atoms with Crippen LogP contribution in [0.3, 0.4) is 0 Å². The van der Waals surface area contributed by atoms with Crippen molar-refractivity contribution in [1.82, 2.24) is 4.72 Å². The van der Waals surface area contributed by atoms with Crippen LogP contribution >= 0.6 is 22.7 Å². The largest absolute Gasteiger partial charge is 0.288 e. The maximum absolute atomic E-state index is 12.1. The van der Waals surface area contributed by atoms with Crippen molar-refractivity contribution in [2.24, 2.45) is 0 Å². The minimum absolute atomic E-state index is 0.0149. The van der Waals surface area contributed by atoms with Gasteiger partial charge in [0, 0.05) is 22.4 Å². The number of thiophene rings is 2. The first-order valence-electron chi connectivity index (χ1n) is 6.15. The van der Waals surface area contributed by atoms with Crippen LogP contribution in [0, 0.1) is 0 Å². The second-order valence-electron chi connectivity index (χ2n) is 4.25. The third kappa shape index (κ3) is 3.99. The van der Waals surface area contributed by atoms with Crippen LogP contribution in [0.25, 0.3) is 0 Å². The van der Waals surface area contributed by atoms with E-state index in [2.05, 4.69) is 4.72 Å². The molecule has 0 saturated carbocycles. The summed E-state index contributed by atoms with van der Waals surface area (Å²) in [6, 6.07) is 5.32. The number of nitrogens with one attached hydrogen (secondary N) is 1. The molecule has 2 rings (SSSR count). The van der Waals surface area contributed by atoms with Crippen LogP contribution in [0.2, 0.25) is 0 Å². The number of ketones is 1. The van der Waals surface area contributed by atoms with Crippen molar-refractivity contribution in [3.63, 3.8) is 0 Å². The zero-order valence-electron chi connectivity index (χ0n) is 11.0. The van der Waals surface area contributed by atoms with Crippen molar-refractivity contribution >= 4 is 38.5 Å². The fourth-order valence-corrected chi connectivity index (χ4v) is 4.35. The van der Waals surface area contributed by atoms with Gasteiger partial charge in [-0.05, 0) is 30.0 Å². The first kappa shape index (κ1) is 15.4. The van der Waals surface area contributed by atoms with Gasteiger partial charge in [0.2, 0.25) is 15.8 Å². The Kier molecular flexibility index (Phi) is 5.09. The third-order valence-electron chi connectivity index (χ3n) is 2.61. The van der Waals surface area contributed by atoms with E-state index >= 15 is 0 Å². The Labute approximate surface area is 126 Å². The molecule has 0 amide bonds. The van der Waals surface area contributed by atoms with Gasteiger partial charge in [0.05, 0.1) is 10.6 Å². The molecule has 0 unspecified atom stereocenters. The van der Waals surface area contributed by atoms with Crippen molar-refractivity contribution < 1.29 is 13.2 Å². The molecule has 0 saturated heterocycles. The first-order valence-corrected chi connectivity index (χ1v) is 9.56. The summed E-state index contributed by atoms with van der Waals surface area (Å²) in [6.07, 6.45) is 0.585. The summed E-state index contributed by atoms with van der Waals surface area (Å²) in [5.41, 5.74) is 0.676. The highest BCUT2D eigenvalue weighted by Crippen LogP contribution is 2.21. The van der Waals surface area contributed by atoms with Gasteiger partial charge in [0.25, 0.3) is 0 Å².